The summed E-state index contributed by atoms with van der Waals surface area (Å²) in [6, 6.07) is 11.0. The van der Waals surface area contributed by atoms with E-state index in [1.165, 1.54) is 0 Å². The number of nitrogens with zero attached hydrogens (tertiary/aromatic N) is 3. The Morgan fingerprint density at radius 3 is 2.59 bits per heavy atom. The molecule has 0 radical (unpaired) electrons. The first-order valence-electron chi connectivity index (χ1n) is 8.66. The average Bonchev–Trinajstić information content (AvgIpc) is 2.90. The minimum atomic E-state index is -1.09. The highest BCUT2D eigenvalue weighted by molar-refractivity contribution is 7.85. The zero-order valence-electron chi connectivity index (χ0n) is 14.6. The van der Waals surface area contributed by atoms with Gasteiger partial charge in [-0.3, -0.25) is 4.21 Å². The van der Waals surface area contributed by atoms with Gasteiger partial charge in [0.1, 0.15) is 5.69 Å². The maximum atomic E-state index is 12.7. The van der Waals surface area contributed by atoms with Crippen molar-refractivity contribution in [2.24, 2.45) is 0 Å². The Balaban J connectivity index is 2.09. The predicted molar refractivity (Wildman–Crippen MR) is 109 cm³/mol. The van der Waals surface area contributed by atoms with Crippen molar-refractivity contribution in [3.05, 3.63) is 63.1 Å². The standard InChI is InChI=1S/C19H17Cl3N3OS/c1-2-5-17-23-18-8-9-27(26)16-7-4-3-6-15(16)24(18)25(17)19-13(21)10-12(20)11-14(19)22/h3-4,6-7,10-11H,2,5,8-9H2,1H3/q+1. The molecule has 1 aliphatic heterocycles. The van der Waals surface area contributed by atoms with Crippen LogP contribution in [0.15, 0.2) is 41.3 Å². The van der Waals surface area contributed by atoms with Crippen molar-refractivity contribution in [2.75, 3.05) is 5.75 Å². The summed E-state index contributed by atoms with van der Waals surface area (Å²) in [5.74, 6) is 2.24. The Morgan fingerprint density at radius 1 is 1.19 bits per heavy atom. The van der Waals surface area contributed by atoms with E-state index in [2.05, 4.69) is 6.92 Å². The molecule has 2 heterocycles. The first-order valence-corrected chi connectivity index (χ1v) is 11.1. The van der Waals surface area contributed by atoms with E-state index in [0.29, 0.717) is 32.9 Å². The van der Waals surface area contributed by atoms with Gasteiger partial charge in [0.05, 0.1) is 32.2 Å². The molecule has 2 aromatic carbocycles. The van der Waals surface area contributed by atoms with Crippen molar-refractivity contribution in [1.29, 1.82) is 0 Å². The SMILES string of the molecule is CCCc1nc2n([n+]1-c1c(Cl)cc(Cl)cc1Cl)-c1ccccc1S(=O)CC2. The molecule has 3 aromatic rings. The van der Waals surface area contributed by atoms with Crippen molar-refractivity contribution in [2.45, 2.75) is 31.1 Å². The lowest BCUT2D eigenvalue weighted by Crippen LogP contribution is -2.44. The second-order valence-electron chi connectivity index (χ2n) is 6.30. The predicted octanol–water partition coefficient (Wildman–Crippen LogP) is 4.73. The van der Waals surface area contributed by atoms with Gasteiger partial charge >= 0.3 is 5.82 Å². The zero-order valence-corrected chi connectivity index (χ0v) is 17.7. The molecule has 0 aliphatic carbocycles. The molecule has 4 rings (SSSR count). The van der Waals surface area contributed by atoms with Crippen molar-refractivity contribution in [3.63, 3.8) is 0 Å². The average molecular weight is 442 g/mol. The second-order valence-corrected chi connectivity index (χ2v) is 9.09. The summed E-state index contributed by atoms with van der Waals surface area (Å²) < 4.78 is 16.6. The van der Waals surface area contributed by atoms with Gasteiger partial charge in [0, 0.05) is 17.2 Å². The highest BCUT2D eigenvalue weighted by Crippen LogP contribution is 2.31. The third-order valence-corrected chi connectivity index (χ3v) is 6.67. The van der Waals surface area contributed by atoms with Crippen molar-refractivity contribution in [3.8, 4) is 11.4 Å². The quantitative estimate of drug-likeness (QED) is 0.551. The molecular weight excluding hydrogens is 425 g/mol. The molecule has 0 bridgehead atoms. The van der Waals surface area contributed by atoms with Crippen molar-refractivity contribution in [1.82, 2.24) is 9.67 Å². The van der Waals surface area contributed by atoms with Gasteiger partial charge in [0.2, 0.25) is 0 Å². The smallest absolute Gasteiger partial charge is 0.254 e. The lowest BCUT2D eigenvalue weighted by atomic mass is 10.3. The van der Waals surface area contributed by atoms with E-state index in [-0.39, 0.29) is 0 Å². The Kier molecular flexibility index (Phi) is 5.30. The van der Waals surface area contributed by atoms with Crippen LogP contribution >= 0.6 is 34.8 Å². The van der Waals surface area contributed by atoms with E-state index in [1.807, 2.05) is 33.6 Å². The lowest BCUT2D eigenvalue weighted by Gasteiger charge is -2.12. The third kappa shape index (κ3) is 3.31. The molecule has 0 N–H and O–H groups in total. The molecule has 27 heavy (non-hydrogen) atoms. The molecular formula is C19H17Cl3N3OS+. The molecule has 1 aromatic heterocycles. The molecule has 0 amide bonds. The normalized spacial score (nSPS) is 15.9. The minimum absolute atomic E-state index is 0.445. The van der Waals surface area contributed by atoms with Crippen LogP contribution in [0.4, 0.5) is 0 Å². The van der Waals surface area contributed by atoms with E-state index in [4.69, 9.17) is 39.8 Å². The van der Waals surface area contributed by atoms with Gasteiger partial charge in [-0.15, -0.1) is 9.36 Å². The highest BCUT2D eigenvalue weighted by atomic mass is 35.5. The van der Waals surface area contributed by atoms with E-state index >= 15 is 0 Å². The summed E-state index contributed by atoms with van der Waals surface area (Å²) in [4.78, 5) is 5.64. The fraction of sp³-hybridized carbons (Fsp3) is 0.263. The number of para-hydroxylation sites is 1. The van der Waals surface area contributed by atoms with Crippen LogP contribution in [0, 0.1) is 0 Å². The molecule has 8 heteroatoms. The Labute approximate surface area is 175 Å². The number of rotatable bonds is 3. The van der Waals surface area contributed by atoms with E-state index in [9.17, 15) is 4.21 Å². The topological polar surface area (TPSA) is 38.8 Å². The summed E-state index contributed by atoms with van der Waals surface area (Å²) in [6.45, 7) is 2.10. The molecule has 1 unspecified atom stereocenters. The van der Waals surface area contributed by atoms with Crippen molar-refractivity contribution >= 4 is 45.6 Å². The molecule has 140 valence electrons. The Morgan fingerprint density at radius 2 is 1.89 bits per heavy atom. The molecule has 0 spiro atoms. The third-order valence-electron chi connectivity index (χ3n) is 4.46. The van der Waals surface area contributed by atoms with E-state index < -0.39 is 10.8 Å². The second kappa shape index (κ2) is 7.55. The fourth-order valence-electron chi connectivity index (χ4n) is 3.35. The lowest BCUT2D eigenvalue weighted by molar-refractivity contribution is -0.683. The van der Waals surface area contributed by atoms with Crippen LogP contribution in [0.1, 0.15) is 25.0 Å². The maximum absolute atomic E-state index is 12.7. The number of fused-ring (bicyclic) bond motifs is 3. The summed E-state index contributed by atoms with van der Waals surface area (Å²) in [6.07, 6.45) is 2.29. The van der Waals surface area contributed by atoms with Crippen LogP contribution in [0.5, 0.6) is 0 Å². The van der Waals surface area contributed by atoms with Gasteiger partial charge in [-0.05, 0) is 35.7 Å². The van der Waals surface area contributed by atoms with Crippen LogP contribution in [-0.4, -0.2) is 19.6 Å². The van der Waals surface area contributed by atoms with Crippen LogP contribution in [0.3, 0.4) is 0 Å². The molecule has 0 saturated carbocycles. The van der Waals surface area contributed by atoms with Gasteiger partial charge in [-0.1, -0.05) is 53.9 Å². The summed E-state index contributed by atoms with van der Waals surface area (Å²) in [7, 11) is -1.09. The largest absolute Gasteiger partial charge is 0.325 e. The minimum Gasteiger partial charge on any atom is -0.254 e. The van der Waals surface area contributed by atoms with Crippen LogP contribution in [0.25, 0.3) is 11.4 Å². The van der Waals surface area contributed by atoms with Crippen molar-refractivity contribution < 1.29 is 8.89 Å². The highest BCUT2D eigenvalue weighted by Gasteiger charge is 2.34. The number of hydrogen-bond donors (Lipinski definition) is 0. The molecule has 4 nitrogen and oxygen atoms in total. The van der Waals surface area contributed by atoms with Gasteiger partial charge in [0.25, 0.3) is 5.82 Å². The monoisotopic (exact) mass is 440 g/mol. The Bertz CT molecular complexity index is 1040. The van der Waals surface area contributed by atoms with Gasteiger partial charge in [0.15, 0.2) is 5.69 Å². The zero-order chi connectivity index (χ0) is 19.1. The molecule has 1 atom stereocenters. The number of aromatic nitrogens is 3. The first kappa shape index (κ1) is 18.9. The van der Waals surface area contributed by atoms with Crippen LogP contribution < -0.4 is 4.68 Å². The maximum Gasteiger partial charge on any atom is 0.325 e. The van der Waals surface area contributed by atoms with E-state index in [1.54, 1.807) is 12.1 Å². The molecule has 1 aliphatic rings. The Hall–Kier alpha value is -1.40. The fourth-order valence-corrected chi connectivity index (χ4v) is 5.54. The summed E-state index contributed by atoms with van der Waals surface area (Å²) >= 11 is 19.2. The number of hydrogen-bond acceptors (Lipinski definition) is 2. The van der Waals surface area contributed by atoms with Crippen LogP contribution in [-0.2, 0) is 23.6 Å². The first-order chi connectivity index (χ1) is 13.0. The summed E-state index contributed by atoms with van der Waals surface area (Å²) in [5, 5.41) is 1.37. The number of benzene rings is 2. The van der Waals surface area contributed by atoms with E-state index in [0.717, 1.165) is 35.1 Å². The number of halogens is 3. The van der Waals surface area contributed by atoms with Gasteiger partial charge < -0.3 is 0 Å². The van der Waals surface area contributed by atoms with Gasteiger partial charge in [-0.25, -0.2) is 0 Å². The molecule has 0 fully saturated rings. The molecule has 0 saturated heterocycles. The van der Waals surface area contributed by atoms with Crippen LogP contribution in [0.2, 0.25) is 15.1 Å². The summed E-state index contributed by atoms with van der Waals surface area (Å²) in [5.41, 5.74) is 1.47. The van der Waals surface area contributed by atoms with Gasteiger partial charge in [-0.2, -0.15) is 0 Å². The number of aryl methyl sites for hydroxylation is 2.